The Morgan fingerprint density at radius 3 is 2.56 bits per heavy atom. The van der Waals surface area contributed by atoms with Crippen LogP contribution in [-0.4, -0.2) is 60.5 Å². The van der Waals surface area contributed by atoms with Crippen LogP contribution in [0, 0.1) is 0 Å². The number of piperazine rings is 1. The van der Waals surface area contributed by atoms with Crippen LogP contribution in [0.5, 0.6) is 5.75 Å². The minimum Gasteiger partial charge on any atom is -0.497 e. The molecule has 0 bridgehead atoms. The second kappa shape index (κ2) is 11.3. The third kappa shape index (κ3) is 5.52. The second-order valence-electron chi connectivity index (χ2n) is 9.32. The fraction of sp³-hybridized carbons (Fsp3) is 0.258. The topological polar surface area (TPSA) is 48.6 Å². The molecule has 184 valence electrons. The van der Waals surface area contributed by atoms with Gasteiger partial charge in [-0.3, -0.25) is 9.69 Å². The molecule has 0 saturated carbocycles. The Morgan fingerprint density at radius 1 is 0.972 bits per heavy atom. The SMILES string of the molecule is COc1cccc(C(CC(=O)N2CCN(C/C=C/c3ccccc3)CC2)c2c[nH]c3ccccc23)c1. The quantitative estimate of drug-likeness (QED) is 0.360. The van der Waals surface area contributed by atoms with E-state index < -0.39 is 0 Å². The van der Waals surface area contributed by atoms with Crippen LogP contribution in [-0.2, 0) is 4.79 Å². The number of aromatic nitrogens is 1. The first kappa shape index (κ1) is 23.9. The van der Waals surface area contributed by atoms with Crippen LogP contribution >= 0.6 is 0 Å². The van der Waals surface area contributed by atoms with Gasteiger partial charge in [0.1, 0.15) is 5.75 Å². The predicted molar refractivity (Wildman–Crippen MR) is 146 cm³/mol. The molecule has 36 heavy (non-hydrogen) atoms. The first-order valence-corrected chi connectivity index (χ1v) is 12.6. The van der Waals surface area contributed by atoms with E-state index in [1.54, 1.807) is 7.11 Å². The first-order valence-electron chi connectivity index (χ1n) is 12.6. The zero-order valence-electron chi connectivity index (χ0n) is 20.8. The van der Waals surface area contributed by atoms with E-state index in [0.717, 1.165) is 60.5 Å². The molecule has 1 fully saturated rings. The summed E-state index contributed by atoms with van der Waals surface area (Å²) in [4.78, 5) is 21.3. The number of rotatable bonds is 8. The maximum absolute atomic E-state index is 13.5. The van der Waals surface area contributed by atoms with Gasteiger partial charge in [0.05, 0.1) is 7.11 Å². The summed E-state index contributed by atoms with van der Waals surface area (Å²) in [6.07, 6.45) is 6.86. The van der Waals surface area contributed by atoms with E-state index in [9.17, 15) is 4.79 Å². The number of para-hydroxylation sites is 1. The smallest absolute Gasteiger partial charge is 0.223 e. The molecule has 1 N–H and O–H groups in total. The van der Waals surface area contributed by atoms with Gasteiger partial charge in [0.25, 0.3) is 0 Å². The van der Waals surface area contributed by atoms with Crippen molar-refractivity contribution in [3.8, 4) is 5.75 Å². The summed E-state index contributed by atoms with van der Waals surface area (Å²) in [5.41, 5.74) is 4.55. The summed E-state index contributed by atoms with van der Waals surface area (Å²) in [6, 6.07) is 26.7. The Hall–Kier alpha value is -3.83. The molecule has 1 aliphatic heterocycles. The van der Waals surface area contributed by atoms with E-state index in [1.807, 2.05) is 29.2 Å². The standard InChI is InChI=1S/C31H33N3O2/c1-36-26-13-7-12-25(21-26)28(29-23-32-30-15-6-5-14-27(29)30)22-31(35)34-19-17-33(18-20-34)16-8-11-24-9-3-2-4-10-24/h2-15,21,23,28,32H,16-20,22H2,1H3/b11-8+. The van der Waals surface area contributed by atoms with Gasteiger partial charge in [-0.05, 0) is 34.9 Å². The van der Waals surface area contributed by atoms with Gasteiger partial charge in [-0.25, -0.2) is 0 Å². The van der Waals surface area contributed by atoms with Crippen LogP contribution in [0.3, 0.4) is 0 Å². The second-order valence-corrected chi connectivity index (χ2v) is 9.32. The molecule has 5 rings (SSSR count). The van der Waals surface area contributed by atoms with Crippen molar-refractivity contribution in [1.29, 1.82) is 0 Å². The lowest BCUT2D eigenvalue weighted by atomic mass is 9.87. The van der Waals surface area contributed by atoms with Crippen LogP contribution in [0.15, 0.2) is 91.1 Å². The minimum absolute atomic E-state index is 0.0458. The molecule has 0 aliphatic carbocycles. The molecule has 1 atom stereocenters. The number of benzene rings is 3. The monoisotopic (exact) mass is 479 g/mol. The molecule has 5 heteroatoms. The Balaban J connectivity index is 1.27. The van der Waals surface area contributed by atoms with Gasteiger partial charge in [0.2, 0.25) is 5.91 Å². The highest BCUT2D eigenvalue weighted by Crippen LogP contribution is 2.35. The molecule has 0 spiro atoms. The third-order valence-corrected chi connectivity index (χ3v) is 7.07. The molecule has 1 amide bonds. The van der Waals surface area contributed by atoms with Crippen molar-refractivity contribution in [1.82, 2.24) is 14.8 Å². The van der Waals surface area contributed by atoms with Crippen molar-refractivity contribution in [2.45, 2.75) is 12.3 Å². The summed E-state index contributed by atoms with van der Waals surface area (Å²) in [6.45, 7) is 4.20. The number of amides is 1. The number of ether oxygens (including phenoxy) is 1. The molecule has 3 aromatic carbocycles. The molecule has 4 aromatic rings. The molecule has 1 aliphatic rings. The molecule has 0 radical (unpaired) electrons. The number of hydrogen-bond acceptors (Lipinski definition) is 3. The van der Waals surface area contributed by atoms with E-state index in [1.165, 1.54) is 5.56 Å². The number of H-pyrrole nitrogens is 1. The normalized spacial score (nSPS) is 15.4. The fourth-order valence-electron chi connectivity index (χ4n) is 5.03. The van der Waals surface area contributed by atoms with Crippen LogP contribution in [0.1, 0.15) is 29.0 Å². The lowest BCUT2D eigenvalue weighted by molar-refractivity contribution is -0.133. The van der Waals surface area contributed by atoms with Gasteiger partial charge in [0, 0.05) is 62.2 Å². The average Bonchev–Trinajstić information content (AvgIpc) is 3.36. The van der Waals surface area contributed by atoms with Gasteiger partial charge >= 0.3 is 0 Å². The summed E-state index contributed by atoms with van der Waals surface area (Å²) in [5.74, 6) is 0.963. The van der Waals surface area contributed by atoms with Crippen molar-refractivity contribution in [3.05, 3.63) is 108 Å². The van der Waals surface area contributed by atoms with Crippen molar-refractivity contribution in [2.75, 3.05) is 39.8 Å². The Labute approximate surface area is 213 Å². The van der Waals surface area contributed by atoms with Gasteiger partial charge in [0.15, 0.2) is 0 Å². The third-order valence-electron chi connectivity index (χ3n) is 7.07. The van der Waals surface area contributed by atoms with Gasteiger partial charge in [-0.2, -0.15) is 0 Å². The average molecular weight is 480 g/mol. The van der Waals surface area contributed by atoms with Crippen LogP contribution in [0.25, 0.3) is 17.0 Å². The van der Waals surface area contributed by atoms with Crippen molar-refractivity contribution >= 4 is 22.9 Å². The molecule has 2 heterocycles. The minimum atomic E-state index is -0.0458. The van der Waals surface area contributed by atoms with Crippen LogP contribution in [0.4, 0.5) is 0 Å². The molecule has 1 unspecified atom stereocenters. The van der Waals surface area contributed by atoms with Crippen LogP contribution in [0.2, 0.25) is 0 Å². The highest BCUT2D eigenvalue weighted by molar-refractivity contribution is 5.86. The lowest BCUT2D eigenvalue weighted by Crippen LogP contribution is -2.48. The molecular formula is C31H33N3O2. The number of fused-ring (bicyclic) bond motifs is 1. The van der Waals surface area contributed by atoms with Crippen molar-refractivity contribution < 1.29 is 9.53 Å². The zero-order valence-corrected chi connectivity index (χ0v) is 20.8. The van der Waals surface area contributed by atoms with Gasteiger partial charge in [-0.1, -0.05) is 72.8 Å². The summed E-state index contributed by atoms with van der Waals surface area (Å²) in [5, 5.41) is 1.16. The molecule has 1 saturated heterocycles. The van der Waals surface area contributed by atoms with E-state index >= 15 is 0 Å². The number of nitrogens with zero attached hydrogens (tertiary/aromatic N) is 2. The number of hydrogen-bond donors (Lipinski definition) is 1. The number of methoxy groups -OCH3 is 1. The first-order chi connectivity index (χ1) is 17.7. The maximum Gasteiger partial charge on any atom is 0.223 e. The van der Waals surface area contributed by atoms with Crippen LogP contribution < -0.4 is 4.74 Å². The zero-order chi connectivity index (χ0) is 24.7. The summed E-state index contributed by atoms with van der Waals surface area (Å²) in [7, 11) is 1.68. The highest BCUT2D eigenvalue weighted by Gasteiger charge is 2.26. The molecular weight excluding hydrogens is 446 g/mol. The molecule has 1 aromatic heterocycles. The van der Waals surface area contributed by atoms with Gasteiger partial charge < -0.3 is 14.6 Å². The molecule has 5 nitrogen and oxygen atoms in total. The summed E-state index contributed by atoms with van der Waals surface area (Å²) >= 11 is 0. The Bertz CT molecular complexity index is 1320. The van der Waals surface area contributed by atoms with Crippen molar-refractivity contribution in [3.63, 3.8) is 0 Å². The van der Waals surface area contributed by atoms with E-state index in [-0.39, 0.29) is 11.8 Å². The highest BCUT2D eigenvalue weighted by atomic mass is 16.5. The Morgan fingerprint density at radius 2 is 1.75 bits per heavy atom. The fourth-order valence-corrected chi connectivity index (χ4v) is 5.03. The predicted octanol–water partition coefficient (Wildman–Crippen LogP) is 5.56. The van der Waals surface area contributed by atoms with E-state index in [0.29, 0.717) is 6.42 Å². The lowest BCUT2D eigenvalue weighted by Gasteiger charge is -2.35. The van der Waals surface area contributed by atoms with E-state index in [2.05, 4.69) is 82.8 Å². The van der Waals surface area contributed by atoms with Gasteiger partial charge in [-0.15, -0.1) is 0 Å². The van der Waals surface area contributed by atoms with E-state index in [4.69, 9.17) is 4.74 Å². The van der Waals surface area contributed by atoms with Crippen molar-refractivity contribution in [2.24, 2.45) is 0 Å². The Kier molecular flexibility index (Phi) is 7.48. The number of carbonyl (C=O) groups is 1. The number of carbonyl (C=O) groups excluding carboxylic acids is 1. The largest absolute Gasteiger partial charge is 0.497 e. The maximum atomic E-state index is 13.5. The number of nitrogens with one attached hydrogen (secondary N) is 1. The summed E-state index contributed by atoms with van der Waals surface area (Å²) < 4.78 is 5.49. The number of aromatic amines is 1.